The molecule has 1 amide bonds. The lowest BCUT2D eigenvalue weighted by atomic mass is 10.1. The predicted octanol–water partition coefficient (Wildman–Crippen LogP) is 3.41. The molecule has 0 aliphatic carbocycles. The van der Waals surface area contributed by atoms with Crippen LogP contribution in [0.1, 0.15) is 31.4 Å². The first-order valence-corrected chi connectivity index (χ1v) is 9.08. The van der Waals surface area contributed by atoms with Gasteiger partial charge < -0.3 is 16.0 Å². The Bertz CT molecular complexity index is 666. The molecule has 2 aromatic rings. The minimum absolute atomic E-state index is 0.0855. The minimum atomic E-state index is 0.0855. The largest absolute Gasteiger partial charge is 0.397 e. The summed E-state index contributed by atoms with van der Waals surface area (Å²) in [6.07, 6.45) is 2.05. The van der Waals surface area contributed by atoms with Gasteiger partial charge in [0.05, 0.1) is 11.4 Å². The second-order valence-corrected chi connectivity index (χ2v) is 6.15. The van der Waals surface area contributed by atoms with E-state index in [0.29, 0.717) is 19.4 Å². The van der Waals surface area contributed by atoms with Gasteiger partial charge in [-0.15, -0.1) is 0 Å². The van der Waals surface area contributed by atoms with Crippen LogP contribution in [0.4, 0.5) is 11.4 Å². The molecule has 0 aliphatic rings. The summed E-state index contributed by atoms with van der Waals surface area (Å²) in [7, 11) is 0. The number of amides is 1. The Hall–Kier alpha value is -2.49. The van der Waals surface area contributed by atoms with E-state index in [-0.39, 0.29) is 5.91 Å². The molecule has 0 aliphatic heterocycles. The van der Waals surface area contributed by atoms with Crippen LogP contribution in [-0.4, -0.2) is 25.5 Å². The van der Waals surface area contributed by atoms with Gasteiger partial charge >= 0.3 is 0 Å². The normalized spacial score (nSPS) is 10.5. The van der Waals surface area contributed by atoms with Gasteiger partial charge in [-0.1, -0.05) is 36.4 Å². The second-order valence-electron chi connectivity index (χ2n) is 6.15. The highest BCUT2D eigenvalue weighted by Crippen LogP contribution is 2.24. The fraction of sp³-hybridized carbons (Fsp3) is 0.381. The van der Waals surface area contributed by atoms with Crippen LogP contribution in [0.2, 0.25) is 0 Å². The SMILES string of the molecule is CCN(CC)c1ccc(CCC(=O)NCCc2ccccc2)cc1N. The summed E-state index contributed by atoms with van der Waals surface area (Å²) in [4.78, 5) is 14.2. The lowest BCUT2D eigenvalue weighted by molar-refractivity contribution is -0.121. The van der Waals surface area contributed by atoms with E-state index in [4.69, 9.17) is 5.73 Å². The number of benzene rings is 2. The summed E-state index contributed by atoms with van der Waals surface area (Å²) in [5.41, 5.74) is 10.4. The number of aryl methyl sites for hydroxylation is 1. The zero-order valence-electron chi connectivity index (χ0n) is 15.3. The zero-order valence-corrected chi connectivity index (χ0v) is 15.3. The van der Waals surface area contributed by atoms with Gasteiger partial charge in [0.25, 0.3) is 0 Å². The maximum absolute atomic E-state index is 12.0. The van der Waals surface area contributed by atoms with E-state index in [1.165, 1.54) is 5.56 Å². The quantitative estimate of drug-likeness (QED) is 0.688. The molecular weight excluding hydrogens is 310 g/mol. The van der Waals surface area contributed by atoms with Crippen molar-refractivity contribution in [3.05, 3.63) is 59.7 Å². The molecule has 0 radical (unpaired) electrons. The number of nitrogens with zero attached hydrogens (tertiary/aromatic N) is 1. The summed E-state index contributed by atoms with van der Waals surface area (Å²) >= 11 is 0. The zero-order chi connectivity index (χ0) is 18.1. The molecule has 4 nitrogen and oxygen atoms in total. The average Bonchev–Trinajstić information content (AvgIpc) is 2.63. The molecule has 2 aromatic carbocycles. The number of carbonyl (C=O) groups excluding carboxylic acids is 1. The lowest BCUT2D eigenvalue weighted by Crippen LogP contribution is -2.26. The molecule has 0 unspecified atom stereocenters. The summed E-state index contributed by atoms with van der Waals surface area (Å²) < 4.78 is 0. The van der Waals surface area contributed by atoms with Gasteiger partial charge in [-0.3, -0.25) is 4.79 Å². The van der Waals surface area contributed by atoms with Crippen molar-refractivity contribution >= 4 is 17.3 Å². The highest BCUT2D eigenvalue weighted by molar-refractivity contribution is 5.76. The fourth-order valence-electron chi connectivity index (χ4n) is 2.95. The number of carbonyl (C=O) groups is 1. The molecule has 0 aromatic heterocycles. The number of hydrogen-bond acceptors (Lipinski definition) is 3. The fourth-order valence-corrected chi connectivity index (χ4v) is 2.95. The molecule has 25 heavy (non-hydrogen) atoms. The van der Waals surface area contributed by atoms with Gasteiger partial charge in [-0.2, -0.15) is 0 Å². The molecule has 0 spiro atoms. The van der Waals surface area contributed by atoms with Crippen molar-refractivity contribution in [2.45, 2.75) is 33.1 Å². The van der Waals surface area contributed by atoms with Crippen molar-refractivity contribution in [3.8, 4) is 0 Å². The molecule has 0 saturated heterocycles. The third-order valence-electron chi connectivity index (χ3n) is 4.42. The molecule has 4 heteroatoms. The Morgan fingerprint density at radius 3 is 2.36 bits per heavy atom. The summed E-state index contributed by atoms with van der Waals surface area (Å²) in [5.74, 6) is 0.0855. The van der Waals surface area contributed by atoms with Crippen LogP contribution in [0.15, 0.2) is 48.5 Å². The molecule has 2 rings (SSSR count). The number of rotatable bonds is 9. The highest BCUT2D eigenvalue weighted by atomic mass is 16.1. The van der Waals surface area contributed by atoms with Crippen molar-refractivity contribution in [2.75, 3.05) is 30.3 Å². The molecule has 0 bridgehead atoms. The topological polar surface area (TPSA) is 58.4 Å². The van der Waals surface area contributed by atoms with Gasteiger partial charge in [0, 0.05) is 26.1 Å². The molecule has 0 heterocycles. The molecule has 0 fully saturated rings. The predicted molar refractivity (Wildman–Crippen MR) is 106 cm³/mol. The van der Waals surface area contributed by atoms with E-state index in [9.17, 15) is 4.79 Å². The van der Waals surface area contributed by atoms with Crippen LogP contribution >= 0.6 is 0 Å². The Morgan fingerprint density at radius 1 is 1.00 bits per heavy atom. The van der Waals surface area contributed by atoms with Crippen LogP contribution in [0.5, 0.6) is 0 Å². The van der Waals surface area contributed by atoms with Gasteiger partial charge in [0.1, 0.15) is 0 Å². The van der Waals surface area contributed by atoms with E-state index in [2.05, 4.69) is 48.3 Å². The number of anilines is 2. The van der Waals surface area contributed by atoms with E-state index >= 15 is 0 Å². The maximum Gasteiger partial charge on any atom is 0.220 e. The number of hydrogen-bond donors (Lipinski definition) is 2. The van der Waals surface area contributed by atoms with E-state index in [1.54, 1.807) is 0 Å². The number of nitrogens with one attached hydrogen (secondary N) is 1. The van der Waals surface area contributed by atoms with E-state index < -0.39 is 0 Å². The maximum atomic E-state index is 12.0. The monoisotopic (exact) mass is 339 g/mol. The second kappa shape index (κ2) is 9.72. The first kappa shape index (κ1) is 18.8. The van der Waals surface area contributed by atoms with Crippen LogP contribution in [-0.2, 0) is 17.6 Å². The lowest BCUT2D eigenvalue weighted by Gasteiger charge is -2.23. The van der Waals surface area contributed by atoms with Crippen LogP contribution < -0.4 is 16.0 Å². The number of nitrogens with two attached hydrogens (primary N) is 1. The standard InChI is InChI=1S/C21H29N3O/c1-3-24(4-2)20-12-10-18(16-19(20)22)11-13-21(25)23-15-14-17-8-6-5-7-9-17/h5-10,12,16H,3-4,11,13-15,22H2,1-2H3,(H,23,25). The van der Waals surface area contributed by atoms with Gasteiger partial charge in [-0.05, 0) is 49.9 Å². The number of nitrogen functional groups attached to an aromatic ring is 1. The van der Waals surface area contributed by atoms with E-state index in [0.717, 1.165) is 36.4 Å². The Morgan fingerprint density at radius 2 is 1.72 bits per heavy atom. The Labute approximate surface area is 151 Å². The summed E-state index contributed by atoms with van der Waals surface area (Å²) in [5, 5.41) is 2.99. The summed E-state index contributed by atoms with van der Waals surface area (Å²) in [6, 6.07) is 16.3. The molecular formula is C21H29N3O. The average molecular weight is 339 g/mol. The highest BCUT2D eigenvalue weighted by Gasteiger charge is 2.08. The molecule has 3 N–H and O–H groups in total. The third-order valence-corrected chi connectivity index (χ3v) is 4.42. The van der Waals surface area contributed by atoms with Crippen LogP contribution in [0.25, 0.3) is 0 Å². The third kappa shape index (κ3) is 5.82. The van der Waals surface area contributed by atoms with Crippen molar-refractivity contribution in [2.24, 2.45) is 0 Å². The van der Waals surface area contributed by atoms with Crippen molar-refractivity contribution in [1.82, 2.24) is 5.32 Å². The first-order chi connectivity index (χ1) is 12.1. The van der Waals surface area contributed by atoms with Crippen LogP contribution in [0, 0.1) is 0 Å². The van der Waals surface area contributed by atoms with Crippen molar-refractivity contribution in [3.63, 3.8) is 0 Å². The minimum Gasteiger partial charge on any atom is -0.397 e. The van der Waals surface area contributed by atoms with Gasteiger partial charge in [-0.25, -0.2) is 0 Å². The smallest absolute Gasteiger partial charge is 0.220 e. The molecule has 0 saturated carbocycles. The Balaban J connectivity index is 1.78. The molecule has 134 valence electrons. The van der Waals surface area contributed by atoms with E-state index in [1.807, 2.05) is 24.3 Å². The van der Waals surface area contributed by atoms with Crippen molar-refractivity contribution in [1.29, 1.82) is 0 Å². The Kier molecular flexibility index (Phi) is 7.33. The van der Waals surface area contributed by atoms with Crippen LogP contribution in [0.3, 0.4) is 0 Å². The summed E-state index contributed by atoms with van der Waals surface area (Å²) in [6.45, 7) is 6.78. The van der Waals surface area contributed by atoms with Gasteiger partial charge in [0.15, 0.2) is 0 Å². The van der Waals surface area contributed by atoms with Gasteiger partial charge in [0.2, 0.25) is 5.91 Å². The first-order valence-electron chi connectivity index (χ1n) is 9.08. The molecule has 0 atom stereocenters. The van der Waals surface area contributed by atoms with Crippen molar-refractivity contribution < 1.29 is 4.79 Å².